The molecule has 0 fully saturated rings. The van der Waals surface area contributed by atoms with E-state index in [0.717, 1.165) is 10.6 Å². The van der Waals surface area contributed by atoms with Crippen LogP contribution in [0, 0.1) is 0 Å². The van der Waals surface area contributed by atoms with Crippen LogP contribution in [0.5, 0.6) is 0 Å². The second-order valence-corrected chi connectivity index (χ2v) is 10.8. The van der Waals surface area contributed by atoms with Crippen LogP contribution < -0.4 is 15.9 Å². The standard InChI is InChI=1S/C28H28NOP/c1-23(29-28(24-14-6-2-7-15-24)25-16-8-3-9-17-25)22-31(30,26-18-10-4-11-19-26)27-20-12-5-13-21-27/h2-21,23,28-29H,22H2,1H3. The Morgan fingerprint density at radius 3 is 1.35 bits per heavy atom. The molecule has 3 heteroatoms. The Bertz CT molecular complexity index is 1030. The molecule has 0 bridgehead atoms. The van der Waals surface area contributed by atoms with Crippen LogP contribution in [0.3, 0.4) is 0 Å². The first kappa shape index (κ1) is 21.3. The van der Waals surface area contributed by atoms with E-state index >= 15 is 0 Å². The predicted molar refractivity (Wildman–Crippen MR) is 132 cm³/mol. The Morgan fingerprint density at radius 2 is 0.968 bits per heavy atom. The molecule has 31 heavy (non-hydrogen) atoms. The SMILES string of the molecule is CC(CP(=O)(c1ccccc1)c1ccccc1)NC(c1ccccc1)c1ccccc1. The smallest absolute Gasteiger partial charge is 0.144 e. The van der Waals surface area contributed by atoms with E-state index in [4.69, 9.17) is 0 Å². The zero-order valence-corrected chi connectivity index (χ0v) is 18.7. The van der Waals surface area contributed by atoms with Crippen molar-refractivity contribution in [1.82, 2.24) is 5.32 Å². The molecule has 0 aliphatic carbocycles. The highest BCUT2D eigenvalue weighted by Gasteiger charge is 2.30. The summed E-state index contributed by atoms with van der Waals surface area (Å²) in [5, 5.41) is 5.59. The molecule has 0 heterocycles. The van der Waals surface area contributed by atoms with Gasteiger partial charge in [-0.05, 0) is 18.1 Å². The summed E-state index contributed by atoms with van der Waals surface area (Å²) in [5.41, 5.74) is 2.41. The van der Waals surface area contributed by atoms with Crippen molar-refractivity contribution in [3.05, 3.63) is 132 Å². The third-order valence-corrected chi connectivity index (χ3v) is 8.92. The van der Waals surface area contributed by atoms with Crippen molar-refractivity contribution in [3.8, 4) is 0 Å². The predicted octanol–water partition coefficient (Wildman–Crippen LogP) is 5.77. The van der Waals surface area contributed by atoms with Gasteiger partial charge in [-0.3, -0.25) is 0 Å². The van der Waals surface area contributed by atoms with Crippen LogP contribution in [-0.2, 0) is 4.57 Å². The molecule has 156 valence electrons. The minimum Gasteiger partial charge on any atom is -0.314 e. The summed E-state index contributed by atoms with van der Waals surface area (Å²) in [4.78, 5) is 0. The van der Waals surface area contributed by atoms with Gasteiger partial charge in [-0.2, -0.15) is 0 Å². The molecular weight excluding hydrogens is 397 g/mol. The summed E-state index contributed by atoms with van der Waals surface area (Å²) in [6.07, 6.45) is 0.553. The maximum Gasteiger partial charge on any atom is 0.144 e. The lowest BCUT2D eigenvalue weighted by molar-refractivity contribution is 0.521. The quantitative estimate of drug-likeness (QED) is 0.363. The highest BCUT2D eigenvalue weighted by molar-refractivity contribution is 7.78. The third-order valence-electron chi connectivity index (χ3n) is 5.59. The summed E-state index contributed by atoms with van der Waals surface area (Å²) in [6.45, 7) is 2.14. The third kappa shape index (κ3) is 5.05. The second-order valence-electron chi connectivity index (χ2n) is 7.92. The summed E-state index contributed by atoms with van der Waals surface area (Å²) in [7, 11) is -2.78. The summed E-state index contributed by atoms with van der Waals surface area (Å²) < 4.78 is 14.4. The average molecular weight is 426 g/mol. The van der Waals surface area contributed by atoms with Gasteiger partial charge in [-0.25, -0.2) is 0 Å². The first-order chi connectivity index (χ1) is 15.2. The highest BCUT2D eigenvalue weighted by Crippen LogP contribution is 2.44. The van der Waals surface area contributed by atoms with Crippen LogP contribution in [0.1, 0.15) is 24.1 Å². The molecule has 0 amide bonds. The topological polar surface area (TPSA) is 29.1 Å². The first-order valence-electron chi connectivity index (χ1n) is 10.7. The Labute approximate surface area is 185 Å². The zero-order valence-electron chi connectivity index (χ0n) is 17.8. The van der Waals surface area contributed by atoms with Crippen LogP contribution >= 0.6 is 7.14 Å². The van der Waals surface area contributed by atoms with Crippen molar-refractivity contribution in [3.63, 3.8) is 0 Å². The van der Waals surface area contributed by atoms with Gasteiger partial charge in [0.25, 0.3) is 0 Å². The normalized spacial score (nSPS) is 12.6. The zero-order chi connectivity index (χ0) is 21.5. The fourth-order valence-electron chi connectivity index (χ4n) is 4.10. The van der Waals surface area contributed by atoms with Gasteiger partial charge < -0.3 is 9.88 Å². The summed E-state index contributed by atoms with van der Waals surface area (Å²) in [6, 6.07) is 40.8. The van der Waals surface area contributed by atoms with Crippen LogP contribution in [0.4, 0.5) is 0 Å². The van der Waals surface area contributed by atoms with Crippen molar-refractivity contribution < 1.29 is 4.57 Å². The van der Waals surface area contributed by atoms with E-state index in [9.17, 15) is 4.57 Å². The molecule has 4 rings (SSSR count). The number of hydrogen-bond acceptors (Lipinski definition) is 2. The molecule has 0 aromatic heterocycles. The fraction of sp³-hybridized carbons (Fsp3) is 0.143. The van der Waals surface area contributed by atoms with Gasteiger partial charge in [0.2, 0.25) is 0 Å². The van der Waals surface area contributed by atoms with Gasteiger partial charge in [0.1, 0.15) is 7.14 Å². The fourth-order valence-corrected chi connectivity index (χ4v) is 7.00. The van der Waals surface area contributed by atoms with Gasteiger partial charge in [0.15, 0.2) is 0 Å². The number of benzene rings is 4. The molecule has 4 aromatic rings. The van der Waals surface area contributed by atoms with E-state index in [1.807, 2.05) is 72.8 Å². The molecule has 4 aromatic carbocycles. The van der Waals surface area contributed by atoms with Crippen molar-refractivity contribution in [2.45, 2.75) is 19.0 Å². The maximum atomic E-state index is 14.4. The Balaban J connectivity index is 1.65. The van der Waals surface area contributed by atoms with E-state index in [2.05, 4.69) is 60.8 Å². The molecular formula is C28H28NOP. The summed E-state index contributed by atoms with van der Waals surface area (Å²) in [5.74, 6) is 0. The molecule has 2 nitrogen and oxygen atoms in total. The van der Waals surface area contributed by atoms with Gasteiger partial charge in [0.05, 0.1) is 6.04 Å². The summed E-state index contributed by atoms with van der Waals surface area (Å²) >= 11 is 0. The van der Waals surface area contributed by atoms with Crippen LogP contribution in [0.25, 0.3) is 0 Å². The monoisotopic (exact) mass is 425 g/mol. The number of nitrogens with one attached hydrogen (secondary N) is 1. The minimum atomic E-state index is -2.78. The highest BCUT2D eigenvalue weighted by atomic mass is 31.2. The number of hydrogen-bond donors (Lipinski definition) is 1. The number of rotatable bonds is 8. The van der Waals surface area contributed by atoms with Gasteiger partial charge in [-0.15, -0.1) is 0 Å². The largest absolute Gasteiger partial charge is 0.314 e. The van der Waals surface area contributed by atoms with E-state index in [1.54, 1.807) is 0 Å². The molecule has 0 saturated carbocycles. The Hall–Kier alpha value is -2.93. The van der Waals surface area contributed by atoms with Crippen molar-refractivity contribution in [2.75, 3.05) is 6.16 Å². The minimum absolute atomic E-state index is 0.0386. The Morgan fingerprint density at radius 1 is 0.613 bits per heavy atom. The first-order valence-corrected chi connectivity index (χ1v) is 12.6. The molecule has 0 aliphatic rings. The molecule has 1 atom stereocenters. The molecule has 1 N–H and O–H groups in total. The van der Waals surface area contributed by atoms with Gasteiger partial charge in [0, 0.05) is 22.8 Å². The van der Waals surface area contributed by atoms with E-state index < -0.39 is 7.14 Å². The Kier molecular flexibility index (Phi) is 6.82. The van der Waals surface area contributed by atoms with Crippen molar-refractivity contribution in [2.24, 2.45) is 0 Å². The van der Waals surface area contributed by atoms with Crippen molar-refractivity contribution in [1.29, 1.82) is 0 Å². The lowest BCUT2D eigenvalue weighted by Gasteiger charge is -2.28. The molecule has 0 radical (unpaired) electrons. The van der Waals surface area contributed by atoms with Crippen LogP contribution in [-0.4, -0.2) is 12.2 Å². The molecule has 1 unspecified atom stereocenters. The molecule has 0 aliphatic heterocycles. The van der Waals surface area contributed by atoms with E-state index in [1.165, 1.54) is 11.1 Å². The van der Waals surface area contributed by atoms with Crippen LogP contribution in [0.15, 0.2) is 121 Å². The van der Waals surface area contributed by atoms with Gasteiger partial charge >= 0.3 is 0 Å². The maximum absolute atomic E-state index is 14.4. The van der Waals surface area contributed by atoms with E-state index in [-0.39, 0.29) is 12.1 Å². The van der Waals surface area contributed by atoms with Gasteiger partial charge in [-0.1, -0.05) is 121 Å². The van der Waals surface area contributed by atoms with E-state index in [0.29, 0.717) is 6.16 Å². The lowest BCUT2D eigenvalue weighted by atomic mass is 9.98. The lowest BCUT2D eigenvalue weighted by Crippen LogP contribution is -2.36. The molecule has 0 spiro atoms. The second kappa shape index (κ2) is 9.92. The van der Waals surface area contributed by atoms with Crippen LogP contribution in [0.2, 0.25) is 0 Å². The van der Waals surface area contributed by atoms with Crippen molar-refractivity contribution >= 4 is 17.8 Å². The average Bonchev–Trinajstić information content (AvgIpc) is 2.84. The molecule has 0 saturated heterocycles.